The van der Waals surface area contributed by atoms with Crippen LogP contribution in [0.25, 0.3) is 11.1 Å². The maximum Gasteiger partial charge on any atom is -0.00913 e. The molecule has 0 nitrogen and oxygen atoms in total. The van der Waals surface area contributed by atoms with E-state index < -0.39 is 0 Å². The normalized spacial score (nSPS) is 10.2. The van der Waals surface area contributed by atoms with Gasteiger partial charge in [0.15, 0.2) is 0 Å². The Morgan fingerprint density at radius 1 is 1.06 bits per heavy atom. The minimum absolute atomic E-state index is 0.927. The summed E-state index contributed by atoms with van der Waals surface area (Å²) in [6, 6.07) is 15.1. The predicted molar refractivity (Wildman–Crippen MR) is 75.3 cm³/mol. The molecule has 0 amide bonds. The van der Waals surface area contributed by atoms with Gasteiger partial charge in [0, 0.05) is 0 Å². The van der Waals surface area contributed by atoms with Crippen molar-refractivity contribution in [2.24, 2.45) is 0 Å². The van der Waals surface area contributed by atoms with E-state index in [1.54, 1.807) is 0 Å². The highest BCUT2D eigenvalue weighted by Crippen LogP contribution is 2.28. The Bertz CT molecular complexity index is 521. The third-order valence-corrected chi connectivity index (χ3v) is 3.05. The molecule has 0 heterocycles. The molecule has 0 aliphatic carbocycles. The molecule has 2 rings (SSSR count). The molecule has 0 N–H and O–H groups in total. The first-order valence-corrected chi connectivity index (χ1v) is 5.99. The van der Waals surface area contributed by atoms with Gasteiger partial charge in [-0.15, -0.1) is 6.58 Å². The standard InChI is InChI=1S/C17H18/c1-4-8-16-14(3)11-13(2)12-17(16)15-9-6-5-7-10-15/h4-7,9-12H,1,8H2,2-3H3. The van der Waals surface area contributed by atoms with Crippen LogP contribution in [-0.2, 0) is 6.42 Å². The van der Waals surface area contributed by atoms with Crippen molar-refractivity contribution in [3.63, 3.8) is 0 Å². The third kappa shape index (κ3) is 2.47. The van der Waals surface area contributed by atoms with Crippen molar-refractivity contribution >= 4 is 0 Å². The molecule has 0 atom stereocenters. The number of allylic oxidation sites excluding steroid dienone is 1. The molecule has 0 spiro atoms. The van der Waals surface area contributed by atoms with E-state index in [-0.39, 0.29) is 0 Å². The Morgan fingerprint density at radius 2 is 1.76 bits per heavy atom. The van der Waals surface area contributed by atoms with E-state index >= 15 is 0 Å². The fourth-order valence-corrected chi connectivity index (χ4v) is 2.29. The van der Waals surface area contributed by atoms with Crippen LogP contribution in [0.4, 0.5) is 0 Å². The topological polar surface area (TPSA) is 0 Å². The monoisotopic (exact) mass is 222 g/mol. The molecule has 0 saturated carbocycles. The first-order valence-electron chi connectivity index (χ1n) is 5.99. The highest BCUT2D eigenvalue weighted by molar-refractivity contribution is 5.70. The van der Waals surface area contributed by atoms with Gasteiger partial charge in [-0.05, 0) is 42.5 Å². The lowest BCUT2D eigenvalue weighted by Crippen LogP contribution is -1.94. The molecule has 0 saturated heterocycles. The van der Waals surface area contributed by atoms with Crippen molar-refractivity contribution in [2.75, 3.05) is 0 Å². The zero-order chi connectivity index (χ0) is 12.3. The van der Waals surface area contributed by atoms with Crippen molar-refractivity contribution < 1.29 is 0 Å². The van der Waals surface area contributed by atoms with Crippen LogP contribution in [0.3, 0.4) is 0 Å². The lowest BCUT2D eigenvalue weighted by molar-refractivity contribution is 1.20. The van der Waals surface area contributed by atoms with E-state index in [1.807, 2.05) is 6.08 Å². The van der Waals surface area contributed by atoms with Gasteiger partial charge in [-0.2, -0.15) is 0 Å². The van der Waals surface area contributed by atoms with Crippen molar-refractivity contribution in [3.05, 3.63) is 71.8 Å². The van der Waals surface area contributed by atoms with Crippen LogP contribution in [0.5, 0.6) is 0 Å². The van der Waals surface area contributed by atoms with Gasteiger partial charge in [-0.3, -0.25) is 0 Å². The van der Waals surface area contributed by atoms with E-state index in [1.165, 1.54) is 27.8 Å². The molecule has 0 heteroatoms. The summed E-state index contributed by atoms with van der Waals surface area (Å²) in [5, 5.41) is 0. The van der Waals surface area contributed by atoms with Crippen LogP contribution < -0.4 is 0 Å². The molecule has 2 aromatic rings. The number of hydrogen-bond acceptors (Lipinski definition) is 0. The fraction of sp³-hybridized carbons (Fsp3) is 0.176. The van der Waals surface area contributed by atoms with E-state index in [0.717, 1.165) is 6.42 Å². The minimum atomic E-state index is 0.927. The van der Waals surface area contributed by atoms with Crippen LogP contribution in [0.15, 0.2) is 55.1 Å². The fourth-order valence-electron chi connectivity index (χ4n) is 2.29. The Morgan fingerprint density at radius 3 is 2.41 bits per heavy atom. The van der Waals surface area contributed by atoms with Crippen LogP contribution in [-0.4, -0.2) is 0 Å². The molecule has 0 fully saturated rings. The van der Waals surface area contributed by atoms with E-state index in [9.17, 15) is 0 Å². The van der Waals surface area contributed by atoms with Crippen molar-refractivity contribution in [1.82, 2.24) is 0 Å². The molecule has 0 radical (unpaired) electrons. The lowest BCUT2D eigenvalue weighted by Gasteiger charge is -2.13. The molecule has 0 aliphatic rings. The van der Waals surface area contributed by atoms with Crippen molar-refractivity contribution in [2.45, 2.75) is 20.3 Å². The summed E-state index contributed by atoms with van der Waals surface area (Å²) in [6.45, 7) is 8.18. The van der Waals surface area contributed by atoms with Gasteiger partial charge in [0.1, 0.15) is 0 Å². The van der Waals surface area contributed by atoms with Crippen LogP contribution in [0.2, 0.25) is 0 Å². The molecular formula is C17H18. The van der Waals surface area contributed by atoms with Crippen LogP contribution in [0.1, 0.15) is 16.7 Å². The maximum absolute atomic E-state index is 3.85. The number of hydrogen-bond donors (Lipinski definition) is 0. The van der Waals surface area contributed by atoms with Gasteiger partial charge in [-0.1, -0.05) is 54.1 Å². The van der Waals surface area contributed by atoms with E-state index in [0.29, 0.717) is 0 Å². The van der Waals surface area contributed by atoms with Crippen LogP contribution >= 0.6 is 0 Å². The van der Waals surface area contributed by atoms with E-state index in [4.69, 9.17) is 0 Å². The average molecular weight is 222 g/mol. The predicted octanol–water partition coefficient (Wildman–Crippen LogP) is 4.70. The Labute approximate surface area is 104 Å². The third-order valence-electron chi connectivity index (χ3n) is 3.05. The van der Waals surface area contributed by atoms with Gasteiger partial charge < -0.3 is 0 Å². The summed E-state index contributed by atoms with van der Waals surface area (Å²) in [5.74, 6) is 0. The highest BCUT2D eigenvalue weighted by atomic mass is 14.1. The molecule has 0 bridgehead atoms. The number of rotatable bonds is 3. The summed E-state index contributed by atoms with van der Waals surface area (Å²) in [7, 11) is 0. The highest BCUT2D eigenvalue weighted by Gasteiger charge is 2.07. The van der Waals surface area contributed by atoms with Gasteiger partial charge in [0.2, 0.25) is 0 Å². The Hall–Kier alpha value is -1.82. The minimum Gasteiger partial charge on any atom is -0.103 e. The van der Waals surface area contributed by atoms with Gasteiger partial charge in [-0.25, -0.2) is 0 Å². The molecule has 86 valence electrons. The molecule has 0 aliphatic heterocycles. The summed E-state index contributed by atoms with van der Waals surface area (Å²) >= 11 is 0. The first-order chi connectivity index (χ1) is 8.22. The summed E-state index contributed by atoms with van der Waals surface area (Å²) in [6.07, 6.45) is 2.90. The van der Waals surface area contributed by atoms with E-state index in [2.05, 4.69) is 62.9 Å². The average Bonchev–Trinajstić information content (AvgIpc) is 2.33. The number of benzene rings is 2. The quantitative estimate of drug-likeness (QED) is 0.660. The Balaban J connectivity index is 2.63. The molecular weight excluding hydrogens is 204 g/mol. The van der Waals surface area contributed by atoms with Gasteiger partial charge in [0.25, 0.3) is 0 Å². The largest absolute Gasteiger partial charge is 0.103 e. The summed E-state index contributed by atoms with van der Waals surface area (Å²) in [4.78, 5) is 0. The molecule has 17 heavy (non-hydrogen) atoms. The molecule has 2 aromatic carbocycles. The SMILES string of the molecule is C=CCc1c(C)cc(C)cc1-c1ccccc1. The second-order valence-corrected chi connectivity index (χ2v) is 4.47. The van der Waals surface area contributed by atoms with Gasteiger partial charge in [0.05, 0.1) is 0 Å². The molecule has 0 aromatic heterocycles. The zero-order valence-electron chi connectivity index (χ0n) is 10.5. The smallest absolute Gasteiger partial charge is 0.00913 e. The summed E-state index contributed by atoms with van der Waals surface area (Å²) in [5.41, 5.74) is 6.67. The lowest BCUT2D eigenvalue weighted by atomic mass is 9.92. The second kappa shape index (κ2) is 5.01. The van der Waals surface area contributed by atoms with Gasteiger partial charge >= 0.3 is 0 Å². The maximum atomic E-state index is 3.85. The second-order valence-electron chi connectivity index (χ2n) is 4.47. The van der Waals surface area contributed by atoms with Crippen molar-refractivity contribution in [3.8, 4) is 11.1 Å². The molecule has 0 unspecified atom stereocenters. The Kier molecular flexibility index (Phi) is 3.43. The van der Waals surface area contributed by atoms with Crippen molar-refractivity contribution in [1.29, 1.82) is 0 Å². The summed E-state index contributed by atoms with van der Waals surface area (Å²) < 4.78 is 0. The first kappa shape index (κ1) is 11.7. The zero-order valence-corrected chi connectivity index (χ0v) is 10.5. The van der Waals surface area contributed by atoms with Crippen LogP contribution in [0, 0.1) is 13.8 Å². The number of aryl methyl sites for hydroxylation is 2.